The van der Waals surface area contributed by atoms with Gasteiger partial charge in [-0.1, -0.05) is 0 Å². The van der Waals surface area contributed by atoms with Crippen molar-refractivity contribution in [3.63, 3.8) is 0 Å². The molecular formula is C12H18FN3O3S. The fraction of sp³-hybridized carbons (Fsp3) is 0.417. The molecule has 1 amide bonds. The summed E-state index contributed by atoms with van der Waals surface area (Å²) in [7, 11) is -3.62. The Morgan fingerprint density at radius 3 is 2.50 bits per heavy atom. The van der Waals surface area contributed by atoms with Gasteiger partial charge in [-0.15, -0.1) is 0 Å². The van der Waals surface area contributed by atoms with Gasteiger partial charge in [0.05, 0.1) is 11.9 Å². The number of hydrogen-bond donors (Lipinski definition) is 3. The van der Waals surface area contributed by atoms with E-state index in [1.165, 1.54) is 6.07 Å². The van der Waals surface area contributed by atoms with E-state index in [1.54, 1.807) is 13.8 Å². The lowest BCUT2D eigenvalue weighted by Crippen LogP contribution is -2.48. The Hall–Kier alpha value is -1.67. The van der Waals surface area contributed by atoms with Gasteiger partial charge < -0.3 is 11.1 Å². The Kier molecular flexibility index (Phi) is 4.72. The number of nitrogens with two attached hydrogens (primary N) is 1. The maximum atomic E-state index is 13.5. The highest BCUT2D eigenvalue weighted by molar-refractivity contribution is 7.92. The minimum atomic E-state index is -3.62. The smallest absolute Gasteiger partial charge is 0.251 e. The molecule has 0 unspecified atom stereocenters. The van der Waals surface area contributed by atoms with Crippen molar-refractivity contribution >= 4 is 21.6 Å². The molecule has 112 valence electrons. The molecule has 6 nitrogen and oxygen atoms in total. The summed E-state index contributed by atoms with van der Waals surface area (Å²) in [5, 5.41) is 2.67. The molecule has 0 aliphatic carbocycles. The van der Waals surface area contributed by atoms with Crippen LogP contribution >= 0.6 is 0 Å². The molecule has 4 N–H and O–H groups in total. The number of hydrogen-bond acceptors (Lipinski definition) is 4. The van der Waals surface area contributed by atoms with Gasteiger partial charge in [0.2, 0.25) is 10.0 Å². The zero-order chi connectivity index (χ0) is 15.6. The third kappa shape index (κ3) is 4.78. The maximum Gasteiger partial charge on any atom is 0.251 e. The number of carbonyl (C=O) groups is 1. The number of carbonyl (C=O) groups excluding carboxylic acids is 1. The number of anilines is 1. The van der Waals surface area contributed by atoms with Crippen molar-refractivity contribution in [2.45, 2.75) is 19.4 Å². The fourth-order valence-corrected chi connectivity index (χ4v) is 1.93. The third-order valence-corrected chi connectivity index (χ3v) is 3.08. The predicted molar refractivity (Wildman–Crippen MR) is 75.5 cm³/mol. The summed E-state index contributed by atoms with van der Waals surface area (Å²) < 4.78 is 37.7. The average Bonchev–Trinajstić information content (AvgIpc) is 2.29. The second-order valence-corrected chi connectivity index (χ2v) is 6.86. The second kappa shape index (κ2) is 5.76. The van der Waals surface area contributed by atoms with Crippen LogP contribution in [0.1, 0.15) is 24.2 Å². The highest BCUT2D eigenvalue weighted by Gasteiger charge is 2.20. The molecule has 0 saturated heterocycles. The van der Waals surface area contributed by atoms with Crippen molar-refractivity contribution in [1.29, 1.82) is 0 Å². The van der Waals surface area contributed by atoms with Gasteiger partial charge >= 0.3 is 0 Å². The van der Waals surface area contributed by atoms with Gasteiger partial charge in [-0.25, -0.2) is 12.8 Å². The van der Waals surface area contributed by atoms with E-state index >= 15 is 0 Å². The monoisotopic (exact) mass is 303 g/mol. The molecule has 0 aliphatic rings. The molecule has 0 spiro atoms. The van der Waals surface area contributed by atoms with Crippen LogP contribution in [0.15, 0.2) is 18.2 Å². The third-order valence-electron chi connectivity index (χ3n) is 2.49. The highest BCUT2D eigenvalue weighted by Crippen LogP contribution is 2.17. The average molecular weight is 303 g/mol. The molecule has 0 saturated carbocycles. The lowest BCUT2D eigenvalue weighted by molar-refractivity contribution is 0.0915. The van der Waals surface area contributed by atoms with Gasteiger partial charge in [-0.2, -0.15) is 0 Å². The summed E-state index contributed by atoms with van der Waals surface area (Å²) in [5.74, 6) is -1.22. The van der Waals surface area contributed by atoms with Crippen molar-refractivity contribution in [1.82, 2.24) is 5.32 Å². The summed E-state index contributed by atoms with van der Waals surface area (Å²) in [6.45, 7) is 3.71. The Balaban J connectivity index is 3.04. The first kappa shape index (κ1) is 16.4. The zero-order valence-electron chi connectivity index (χ0n) is 11.5. The Morgan fingerprint density at radius 1 is 1.40 bits per heavy atom. The Morgan fingerprint density at radius 2 is 2.00 bits per heavy atom. The van der Waals surface area contributed by atoms with E-state index in [-0.39, 0.29) is 17.8 Å². The second-order valence-electron chi connectivity index (χ2n) is 5.11. The van der Waals surface area contributed by atoms with Crippen LogP contribution in [0.2, 0.25) is 0 Å². The van der Waals surface area contributed by atoms with Crippen LogP contribution in [-0.4, -0.2) is 32.7 Å². The SMILES string of the molecule is CC(C)(CN)NC(=O)c1ccc(F)c(NS(C)(=O)=O)c1. The van der Waals surface area contributed by atoms with E-state index < -0.39 is 27.3 Å². The molecular weight excluding hydrogens is 285 g/mol. The molecule has 1 aromatic rings. The number of halogens is 1. The maximum absolute atomic E-state index is 13.5. The lowest BCUT2D eigenvalue weighted by atomic mass is 10.1. The largest absolute Gasteiger partial charge is 0.346 e. The highest BCUT2D eigenvalue weighted by atomic mass is 32.2. The van der Waals surface area contributed by atoms with Crippen molar-refractivity contribution in [2.24, 2.45) is 5.73 Å². The van der Waals surface area contributed by atoms with Gasteiger partial charge in [0.25, 0.3) is 5.91 Å². The van der Waals surface area contributed by atoms with Crippen molar-refractivity contribution in [3.8, 4) is 0 Å². The molecule has 0 fully saturated rings. The van der Waals surface area contributed by atoms with E-state index in [1.807, 2.05) is 4.72 Å². The van der Waals surface area contributed by atoms with Crippen LogP contribution in [0.25, 0.3) is 0 Å². The van der Waals surface area contributed by atoms with Gasteiger partial charge in [-0.3, -0.25) is 9.52 Å². The molecule has 20 heavy (non-hydrogen) atoms. The van der Waals surface area contributed by atoms with E-state index in [9.17, 15) is 17.6 Å². The normalized spacial score (nSPS) is 12.1. The van der Waals surface area contributed by atoms with Crippen molar-refractivity contribution < 1.29 is 17.6 Å². The molecule has 0 radical (unpaired) electrons. The topological polar surface area (TPSA) is 101 Å². The molecule has 0 bridgehead atoms. The summed E-state index contributed by atoms with van der Waals surface area (Å²) >= 11 is 0. The summed E-state index contributed by atoms with van der Waals surface area (Å²) in [5.41, 5.74) is 4.75. The van der Waals surface area contributed by atoms with Gasteiger partial charge in [0, 0.05) is 17.6 Å². The molecule has 0 atom stereocenters. The first-order valence-electron chi connectivity index (χ1n) is 5.84. The minimum Gasteiger partial charge on any atom is -0.346 e. The van der Waals surface area contributed by atoms with Crippen LogP contribution in [0.4, 0.5) is 10.1 Å². The van der Waals surface area contributed by atoms with Crippen LogP contribution in [0, 0.1) is 5.82 Å². The van der Waals surface area contributed by atoms with Crippen LogP contribution in [0.5, 0.6) is 0 Å². The zero-order valence-corrected chi connectivity index (χ0v) is 12.3. The fourth-order valence-electron chi connectivity index (χ4n) is 1.38. The quantitative estimate of drug-likeness (QED) is 0.744. The Labute approximate surface area is 117 Å². The molecule has 0 aliphatic heterocycles. The van der Waals surface area contributed by atoms with Crippen molar-refractivity contribution in [3.05, 3.63) is 29.6 Å². The van der Waals surface area contributed by atoms with E-state index in [0.717, 1.165) is 18.4 Å². The van der Waals surface area contributed by atoms with E-state index in [0.29, 0.717) is 0 Å². The van der Waals surface area contributed by atoms with Crippen LogP contribution in [0.3, 0.4) is 0 Å². The van der Waals surface area contributed by atoms with Crippen LogP contribution in [-0.2, 0) is 10.0 Å². The van der Waals surface area contributed by atoms with E-state index in [2.05, 4.69) is 5.32 Å². The molecule has 0 heterocycles. The summed E-state index contributed by atoms with van der Waals surface area (Å²) in [6, 6.07) is 3.43. The number of benzene rings is 1. The number of sulfonamides is 1. The number of rotatable bonds is 5. The molecule has 8 heteroatoms. The standard InChI is InChI=1S/C12H18FN3O3S/c1-12(2,7-14)15-11(17)8-4-5-9(13)10(6-8)16-20(3,18)19/h4-6,16H,7,14H2,1-3H3,(H,15,17). The van der Waals surface area contributed by atoms with E-state index in [4.69, 9.17) is 5.73 Å². The van der Waals surface area contributed by atoms with Gasteiger partial charge in [0.15, 0.2) is 0 Å². The first-order chi connectivity index (χ1) is 9.04. The summed E-state index contributed by atoms with van der Waals surface area (Å²) in [6.07, 6.45) is 0.900. The molecule has 0 aromatic heterocycles. The molecule has 1 aromatic carbocycles. The van der Waals surface area contributed by atoms with Crippen LogP contribution < -0.4 is 15.8 Å². The Bertz CT molecular complexity index is 614. The van der Waals surface area contributed by atoms with Gasteiger partial charge in [-0.05, 0) is 32.0 Å². The summed E-state index contributed by atoms with van der Waals surface area (Å²) in [4.78, 5) is 12.0. The number of nitrogens with one attached hydrogen (secondary N) is 2. The first-order valence-corrected chi connectivity index (χ1v) is 7.73. The lowest BCUT2D eigenvalue weighted by Gasteiger charge is -2.24. The molecule has 1 rings (SSSR count). The van der Waals surface area contributed by atoms with Crippen molar-refractivity contribution in [2.75, 3.05) is 17.5 Å². The van der Waals surface area contributed by atoms with Gasteiger partial charge in [0.1, 0.15) is 5.82 Å². The number of amides is 1. The minimum absolute atomic E-state index is 0.138. The predicted octanol–water partition coefficient (Wildman–Crippen LogP) is 0.664.